The van der Waals surface area contributed by atoms with Gasteiger partial charge in [-0.1, -0.05) is 13.8 Å². The van der Waals surface area contributed by atoms with Gasteiger partial charge in [0, 0.05) is 19.6 Å². The fraction of sp³-hybridized carbons (Fsp3) is 0.727. The summed E-state index contributed by atoms with van der Waals surface area (Å²) < 4.78 is 0. The smallest absolute Gasteiger partial charge is 0.326 e. The first-order valence-electron chi connectivity index (χ1n) is 5.67. The van der Waals surface area contributed by atoms with E-state index in [2.05, 4.69) is 0 Å². The molecule has 2 amide bonds. The van der Waals surface area contributed by atoms with Gasteiger partial charge in [-0.3, -0.25) is 9.59 Å². The van der Waals surface area contributed by atoms with Gasteiger partial charge < -0.3 is 14.9 Å². The van der Waals surface area contributed by atoms with Gasteiger partial charge in [-0.2, -0.15) is 0 Å². The molecule has 17 heavy (non-hydrogen) atoms. The molecule has 1 aliphatic rings. The number of rotatable bonds is 4. The molecule has 1 fully saturated rings. The Labute approximate surface area is 100 Å². The van der Waals surface area contributed by atoms with Gasteiger partial charge in [0.1, 0.15) is 6.04 Å². The second-order valence-corrected chi connectivity index (χ2v) is 4.66. The van der Waals surface area contributed by atoms with Crippen molar-refractivity contribution in [1.29, 1.82) is 0 Å². The summed E-state index contributed by atoms with van der Waals surface area (Å²) in [6.45, 7) is 6.55. The van der Waals surface area contributed by atoms with E-state index in [4.69, 9.17) is 5.11 Å². The molecular weight excluding hydrogens is 224 g/mol. The number of carbonyl (C=O) groups is 3. The predicted molar refractivity (Wildman–Crippen MR) is 60.2 cm³/mol. The summed E-state index contributed by atoms with van der Waals surface area (Å²) in [5, 5.41) is 8.83. The average Bonchev–Trinajstić information content (AvgIpc) is 2.23. The Morgan fingerprint density at radius 1 is 1.24 bits per heavy atom. The van der Waals surface area contributed by atoms with Gasteiger partial charge in [-0.15, -0.1) is 0 Å². The third kappa shape index (κ3) is 2.95. The van der Waals surface area contributed by atoms with E-state index in [0.29, 0.717) is 13.1 Å². The maximum atomic E-state index is 11.7. The van der Waals surface area contributed by atoms with Crippen molar-refractivity contribution in [1.82, 2.24) is 9.80 Å². The second-order valence-electron chi connectivity index (χ2n) is 4.66. The zero-order valence-corrected chi connectivity index (χ0v) is 10.3. The zero-order chi connectivity index (χ0) is 13.2. The normalized spacial score (nSPS) is 18.8. The molecule has 0 aromatic heterocycles. The molecule has 0 radical (unpaired) electrons. The molecule has 0 aromatic rings. The molecule has 6 heteroatoms. The summed E-state index contributed by atoms with van der Waals surface area (Å²) in [5.41, 5.74) is 0. The highest BCUT2D eigenvalue weighted by Gasteiger charge is 2.37. The molecule has 0 bridgehead atoms. The van der Waals surface area contributed by atoms with E-state index in [1.54, 1.807) is 0 Å². The highest BCUT2D eigenvalue weighted by Crippen LogP contribution is 2.11. The largest absolute Gasteiger partial charge is 0.480 e. The van der Waals surface area contributed by atoms with Crippen LogP contribution in [0.4, 0.5) is 0 Å². The second kappa shape index (κ2) is 5.16. The topological polar surface area (TPSA) is 77.9 Å². The lowest BCUT2D eigenvalue weighted by atomic mass is 10.1. The Morgan fingerprint density at radius 2 is 1.82 bits per heavy atom. The molecule has 96 valence electrons. The van der Waals surface area contributed by atoms with Crippen molar-refractivity contribution in [3.63, 3.8) is 0 Å². The Bertz CT molecular complexity index is 340. The van der Waals surface area contributed by atoms with Crippen LogP contribution in [0.25, 0.3) is 0 Å². The van der Waals surface area contributed by atoms with Gasteiger partial charge >= 0.3 is 17.8 Å². The van der Waals surface area contributed by atoms with Crippen LogP contribution < -0.4 is 0 Å². The number of amides is 2. The van der Waals surface area contributed by atoms with Crippen LogP contribution in [0.1, 0.15) is 20.8 Å². The Kier molecular flexibility index (Phi) is 4.09. The number of carboxylic acid groups (broad SMARTS) is 1. The van der Waals surface area contributed by atoms with Crippen LogP contribution in [0.5, 0.6) is 0 Å². The minimum absolute atomic E-state index is 0.283. The van der Waals surface area contributed by atoms with Crippen LogP contribution in [0.2, 0.25) is 0 Å². The van der Waals surface area contributed by atoms with E-state index in [9.17, 15) is 14.4 Å². The maximum Gasteiger partial charge on any atom is 0.326 e. The third-order valence-corrected chi connectivity index (χ3v) is 2.75. The molecule has 0 aromatic carbocycles. The molecule has 0 aliphatic carbocycles. The van der Waals surface area contributed by atoms with Crippen LogP contribution in [0.15, 0.2) is 0 Å². The molecule has 0 spiro atoms. The van der Waals surface area contributed by atoms with Gasteiger partial charge in [0.2, 0.25) is 0 Å². The molecule has 0 saturated carbocycles. The lowest BCUT2D eigenvalue weighted by molar-refractivity contribution is -0.162. The van der Waals surface area contributed by atoms with E-state index < -0.39 is 23.8 Å². The zero-order valence-electron chi connectivity index (χ0n) is 10.3. The van der Waals surface area contributed by atoms with E-state index in [1.807, 2.05) is 13.8 Å². The summed E-state index contributed by atoms with van der Waals surface area (Å²) in [5.74, 6) is -2.12. The van der Waals surface area contributed by atoms with Crippen molar-refractivity contribution in [2.75, 3.05) is 19.6 Å². The molecule has 1 atom stereocenters. The standard InChI is InChI=1S/C11H18N2O4/c1-7(2)6-12-4-5-13(8(3)11(16)17)10(15)9(12)14/h7-8H,4-6H2,1-3H3,(H,16,17)/t8-/m1/s1. The van der Waals surface area contributed by atoms with Gasteiger partial charge in [-0.25, -0.2) is 4.79 Å². The van der Waals surface area contributed by atoms with E-state index in [1.165, 1.54) is 11.8 Å². The molecule has 1 saturated heterocycles. The fourth-order valence-electron chi connectivity index (χ4n) is 1.81. The average molecular weight is 242 g/mol. The molecular formula is C11H18N2O4. The molecule has 1 N–H and O–H groups in total. The quantitative estimate of drug-likeness (QED) is 0.692. The van der Waals surface area contributed by atoms with Crippen molar-refractivity contribution in [3.05, 3.63) is 0 Å². The fourth-order valence-corrected chi connectivity index (χ4v) is 1.81. The third-order valence-electron chi connectivity index (χ3n) is 2.75. The molecule has 6 nitrogen and oxygen atoms in total. The van der Waals surface area contributed by atoms with Gasteiger partial charge in [0.25, 0.3) is 0 Å². The molecule has 1 heterocycles. The highest BCUT2D eigenvalue weighted by molar-refractivity contribution is 6.35. The number of carbonyl (C=O) groups excluding carboxylic acids is 2. The summed E-state index contributed by atoms with van der Waals surface area (Å²) in [7, 11) is 0. The summed E-state index contributed by atoms with van der Waals surface area (Å²) in [4.78, 5) is 36.9. The maximum absolute atomic E-state index is 11.7. The highest BCUT2D eigenvalue weighted by atomic mass is 16.4. The summed E-state index contributed by atoms with van der Waals surface area (Å²) >= 11 is 0. The van der Waals surface area contributed by atoms with Crippen molar-refractivity contribution in [2.24, 2.45) is 5.92 Å². The van der Waals surface area contributed by atoms with E-state index in [0.717, 1.165) is 4.90 Å². The first-order valence-corrected chi connectivity index (χ1v) is 5.67. The number of hydrogen-bond acceptors (Lipinski definition) is 3. The van der Waals surface area contributed by atoms with Crippen LogP contribution in [-0.4, -0.2) is 58.4 Å². The first-order chi connectivity index (χ1) is 7.84. The number of nitrogens with zero attached hydrogens (tertiary/aromatic N) is 2. The van der Waals surface area contributed by atoms with Crippen LogP contribution in [0, 0.1) is 5.92 Å². The van der Waals surface area contributed by atoms with E-state index in [-0.39, 0.29) is 12.5 Å². The van der Waals surface area contributed by atoms with Crippen molar-refractivity contribution in [2.45, 2.75) is 26.8 Å². The lowest BCUT2D eigenvalue weighted by Gasteiger charge is -2.36. The number of hydrogen-bond donors (Lipinski definition) is 1. The molecule has 1 rings (SSSR count). The van der Waals surface area contributed by atoms with Gasteiger partial charge in [0.05, 0.1) is 0 Å². The molecule has 1 aliphatic heterocycles. The Balaban J connectivity index is 2.72. The van der Waals surface area contributed by atoms with Gasteiger partial charge in [0.15, 0.2) is 0 Å². The Morgan fingerprint density at radius 3 is 2.29 bits per heavy atom. The lowest BCUT2D eigenvalue weighted by Crippen LogP contribution is -2.58. The monoisotopic (exact) mass is 242 g/mol. The van der Waals surface area contributed by atoms with Crippen molar-refractivity contribution < 1.29 is 19.5 Å². The SMILES string of the molecule is CC(C)CN1CCN([C@H](C)C(=O)O)C(=O)C1=O. The van der Waals surface area contributed by atoms with Crippen molar-refractivity contribution >= 4 is 17.8 Å². The molecule has 0 unspecified atom stereocenters. The minimum atomic E-state index is -1.09. The van der Waals surface area contributed by atoms with Crippen LogP contribution in [-0.2, 0) is 14.4 Å². The van der Waals surface area contributed by atoms with Gasteiger partial charge in [-0.05, 0) is 12.8 Å². The van der Waals surface area contributed by atoms with Crippen LogP contribution >= 0.6 is 0 Å². The number of aliphatic carboxylic acids is 1. The van der Waals surface area contributed by atoms with Crippen molar-refractivity contribution in [3.8, 4) is 0 Å². The van der Waals surface area contributed by atoms with E-state index >= 15 is 0 Å². The van der Waals surface area contributed by atoms with Crippen LogP contribution in [0.3, 0.4) is 0 Å². The first kappa shape index (κ1) is 13.5. The minimum Gasteiger partial charge on any atom is -0.480 e. The predicted octanol–water partition coefficient (Wildman–Crippen LogP) is -0.214. The summed E-state index contributed by atoms with van der Waals surface area (Å²) in [6, 6.07) is -0.951. The Hall–Kier alpha value is -1.59. The summed E-state index contributed by atoms with van der Waals surface area (Å²) in [6.07, 6.45) is 0. The number of carboxylic acids is 1. The number of piperazine rings is 1.